The first-order chi connectivity index (χ1) is 19.0. The molecule has 0 amide bonds. The van der Waals surface area contributed by atoms with Gasteiger partial charge >= 0.3 is 0 Å². The van der Waals surface area contributed by atoms with Crippen molar-refractivity contribution in [3.8, 4) is 5.95 Å². The van der Waals surface area contributed by atoms with Crippen molar-refractivity contribution in [3.05, 3.63) is 35.8 Å². The summed E-state index contributed by atoms with van der Waals surface area (Å²) in [5.41, 5.74) is 3.38. The summed E-state index contributed by atoms with van der Waals surface area (Å²) in [6, 6.07) is 8.92. The molecule has 39 heavy (non-hydrogen) atoms. The molecule has 3 fully saturated rings. The number of rotatable bonds is 6. The van der Waals surface area contributed by atoms with Crippen molar-refractivity contribution in [3.63, 3.8) is 0 Å². The van der Waals surface area contributed by atoms with Crippen molar-refractivity contribution >= 4 is 28.6 Å². The Bertz CT molecular complexity index is 1350. The highest BCUT2D eigenvalue weighted by Crippen LogP contribution is 2.43. The zero-order valence-electron chi connectivity index (χ0n) is 23.3. The van der Waals surface area contributed by atoms with Crippen molar-refractivity contribution < 1.29 is 9.47 Å². The third-order valence-corrected chi connectivity index (χ3v) is 10.0. The molecule has 1 unspecified atom stereocenters. The van der Waals surface area contributed by atoms with Crippen LogP contribution in [0.3, 0.4) is 0 Å². The highest BCUT2D eigenvalue weighted by Gasteiger charge is 2.40. The number of piperazine rings is 1. The molecule has 4 aliphatic rings. The van der Waals surface area contributed by atoms with Gasteiger partial charge in [-0.25, -0.2) is 9.97 Å². The number of imidazole rings is 1. The van der Waals surface area contributed by atoms with Crippen LogP contribution in [0.4, 0.5) is 5.82 Å². The van der Waals surface area contributed by atoms with Crippen LogP contribution in [0, 0.1) is 0 Å². The quantitative estimate of drug-likeness (QED) is 0.461. The van der Waals surface area contributed by atoms with E-state index in [4.69, 9.17) is 24.4 Å². The Morgan fingerprint density at radius 3 is 2.56 bits per heavy atom. The van der Waals surface area contributed by atoms with E-state index in [1.807, 2.05) is 17.8 Å². The topological polar surface area (TPSA) is 71.8 Å². The Morgan fingerprint density at radius 1 is 1.00 bits per heavy atom. The van der Waals surface area contributed by atoms with E-state index in [0.29, 0.717) is 11.3 Å². The minimum absolute atomic E-state index is 0.138. The monoisotopic (exact) mass is 549 g/mol. The van der Waals surface area contributed by atoms with Gasteiger partial charge in [0.05, 0.1) is 54.1 Å². The highest BCUT2D eigenvalue weighted by atomic mass is 32.2. The van der Waals surface area contributed by atoms with E-state index in [1.165, 1.54) is 10.6 Å². The van der Waals surface area contributed by atoms with Crippen molar-refractivity contribution in [2.75, 3.05) is 70.6 Å². The first kappa shape index (κ1) is 25.7. The second-order valence-corrected chi connectivity index (χ2v) is 13.1. The molecule has 10 heteroatoms. The first-order valence-electron chi connectivity index (χ1n) is 14.4. The number of benzene rings is 1. The van der Waals surface area contributed by atoms with Crippen LogP contribution in [-0.4, -0.2) is 112 Å². The van der Waals surface area contributed by atoms with Crippen LogP contribution < -0.4 is 4.90 Å². The number of ether oxygens (including phenoxy) is 2. The molecular weight excluding hydrogens is 510 g/mol. The summed E-state index contributed by atoms with van der Waals surface area (Å²) < 4.78 is 13.3. The van der Waals surface area contributed by atoms with Crippen molar-refractivity contribution in [1.29, 1.82) is 0 Å². The lowest BCUT2D eigenvalue weighted by Crippen LogP contribution is -2.64. The van der Waals surface area contributed by atoms with E-state index in [2.05, 4.69) is 58.2 Å². The van der Waals surface area contributed by atoms with Gasteiger partial charge in [0.2, 0.25) is 5.95 Å². The lowest BCUT2D eigenvalue weighted by atomic mass is 9.96. The molecule has 3 aromatic rings. The second kappa shape index (κ2) is 10.3. The number of aryl methyl sites for hydroxylation is 1. The number of anilines is 1. The molecule has 0 saturated carbocycles. The molecule has 208 valence electrons. The van der Waals surface area contributed by atoms with E-state index in [1.54, 1.807) is 0 Å². The van der Waals surface area contributed by atoms with Gasteiger partial charge < -0.3 is 14.4 Å². The molecular formula is C29H39N7O2S. The van der Waals surface area contributed by atoms with Gasteiger partial charge in [0.15, 0.2) is 0 Å². The summed E-state index contributed by atoms with van der Waals surface area (Å²) in [4.78, 5) is 24.4. The molecule has 0 aliphatic carbocycles. The molecule has 7 rings (SSSR count). The zero-order valence-corrected chi connectivity index (χ0v) is 24.1. The standard InChI is InChI=1S/C29H39N7O2S/c1-4-25-30-22-7-5-6-8-24(22)36(25)28-31-23-15-21(39-26(23)27(32-28)33-11-13-37-14-12-33)16-35-10-9-34(19-29(35,2)3)20-17-38-18-20/h5-8,20-21H,4,9-19H2,1-3H3. The summed E-state index contributed by atoms with van der Waals surface area (Å²) >= 11 is 1.99. The molecule has 3 saturated heterocycles. The molecule has 4 aliphatic heterocycles. The van der Waals surface area contributed by atoms with Crippen LogP contribution in [0.1, 0.15) is 32.3 Å². The van der Waals surface area contributed by atoms with E-state index in [-0.39, 0.29) is 5.54 Å². The normalized spacial score (nSPS) is 24.3. The van der Waals surface area contributed by atoms with Gasteiger partial charge in [-0.3, -0.25) is 14.4 Å². The average molecular weight is 550 g/mol. The lowest BCUT2D eigenvalue weighted by molar-refractivity contribution is -0.0987. The number of para-hydroxylation sites is 2. The molecule has 9 nitrogen and oxygen atoms in total. The predicted molar refractivity (Wildman–Crippen MR) is 154 cm³/mol. The summed E-state index contributed by atoms with van der Waals surface area (Å²) in [5, 5.41) is 0.465. The Kier molecular flexibility index (Phi) is 6.79. The molecule has 2 aromatic heterocycles. The Morgan fingerprint density at radius 2 is 1.82 bits per heavy atom. The maximum atomic E-state index is 5.69. The number of thioether (sulfide) groups is 1. The minimum atomic E-state index is 0.138. The van der Waals surface area contributed by atoms with Crippen molar-refractivity contribution in [2.24, 2.45) is 0 Å². The maximum absolute atomic E-state index is 5.69. The lowest BCUT2D eigenvalue weighted by Gasteiger charge is -2.51. The molecule has 0 N–H and O–H groups in total. The van der Waals surface area contributed by atoms with Crippen LogP contribution in [0.5, 0.6) is 0 Å². The average Bonchev–Trinajstić information content (AvgIpc) is 3.49. The van der Waals surface area contributed by atoms with Gasteiger partial charge in [0.25, 0.3) is 0 Å². The zero-order chi connectivity index (χ0) is 26.6. The number of nitrogens with zero attached hydrogens (tertiary/aromatic N) is 7. The number of morpholine rings is 1. The summed E-state index contributed by atoms with van der Waals surface area (Å²) in [6.07, 6.45) is 1.79. The number of hydrogen-bond acceptors (Lipinski definition) is 9. The van der Waals surface area contributed by atoms with Gasteiger partial charge in [-0.15, -0.1) is 11.8 Å². The molecule has 1 atom stereocenters. The van der Waals surface area contributed by atoms with Gasteiger partial charge in [0.1, 0.15) is 11.6 Å². The minimum Gasteiger partial charge on any atom is -0.378 e. The van der Waals surface area contributed by atoms with Gasteiger partial charge in [-0.1, -0.05) is 19.1 Å². The molecule has 0 radical (unpaired) electrons. The number of fused-ring (bicyclic) bond motifs is 2. The van der Waals surface area contributed by atoms with Crippen LogP contribution in [0.2, 0.25) is 0 Å². The maximum Gasteiger partial charge on any atom is 0.237 e. The fourth-order valence-corrected chi connectivity index (χ4v) is 7.81. The smallest absolute Gasteiger partial charge is 0.237 e. The Labute approximate surface area is 234 Å². The van der Waals surface area contributed by atoms with Crippen LogP contribution in [0.15, 0.2) is 29.2 Å². The molecule has 0 spiro atoms. The number of aromatic nitrogens is 4. The first-order valence-corrected chi connectivity index (χ1v) is 15.3. The van der Waals surface area contributed by atoms with Crippen LogP contribution in [0.25, 0.3) is 17.0 Å². The molecule has 0 bridgehead atoms. The van der Waals surface area contributed by atoms with E-state index in [0.717, 1.165) is 107 Å². The van der Waals surface area contributed by atoms with Crippen molar-refractivity contribution in [1.82, 2.24) is 29.3 Å². The Balaban J connectivity index is 1.19. The van der Waals surface area contributed by atoms with Crippen LogP contribution >= 0.6 is 11.8 Å². The van der Waals surface area contributed by atoms with E-state index < -0.39 is 0 Å². The van der Waals surface area contributed by atoms with Gasteiger partial charge in [-0.05, 0) is 26.0 Å². The summed E-state index contributed by atoms with van der Waals surface area (Å²) in [5.74, 6) is 2.82. The third-order valence-electron chi connectivity index (χ3n) is 8.73. The fourth-order valence-electron chi connectivity index (χ4n) is 6.44. The van der Waals surface area contributed by atoms with Crippen molar-refractivity contribution in [2.45, 2.75) is 55.3 Å². The largest absolute Gasteiger partial charge is 0.378 e. The predicted octanol–water partition coefficient (Wildman–Crippen LogP) is 3.03. The summed E-state index contributed by atoms with van der Waals surface area (Å²) in [7, 11) is 0. The SMILES string of the molecule is CCc1nc2ccccc2n1-c1nc2c(c(N3CCOCC3)n1)SC(CN1CCN(C3COC3)CC1(C)C)C2. The van der Waals surface area contributed by atoms with Crippen LogP contribution in [-0.2, 0) is 22.3 Å². The fraction of sp³-hybridized carbons (Fsp3) is 0.621. The highest BCUT2D eigenvalue weighted by molar-refractivity contribution is 8.00. The molecule has 6 heterocycles. The summed E-state index contributed by atoms with van der Waals surface area (Å²) in [6.45, 7) is 16.3. The Hall–Kier alpha value is -2.24. The molecule has 1 aromatic carbocycles. The van der Waals surface area contributed by atoms with Gasteiger partial charge in [0, 0.05) is 62.9 Å². The van der Waals surface area contributed by atoms with Gasteiger partial charge in [-0.2, -0.15) is 4.98 Å². The third kappa shape index (κ3) is 4.74. The van der Waals surface area contributed by atoms with E-state index in [9.17, 15) is 0 Å². The number of hydrogen-bond donors (Lipinski definition) is 0. The second-order valence-electron chi connectivity index (χ2n) is 11.8. The van der Waals surface area contributed by atoms with E-state index >= 15 is 0 Å².